The Morgan fingerprint density at radius 1 is 1.22 bits per heavy atom. The first-order valence-corrected chi connectivity index (χ1v) is 8.94. The largest absolute Gasteiger partial charge is 0.406 e. The molecule has 7 heteroatoms. The van der Waals surface area contributed by atoms with Gasteiger partial charge in [0.2, 0.25) is 5.88 Å². The third kappa shape index (κ3) is 4.41. The normalized spacial score (nSPS) is 11.4. The average molecular weight is 336 g/mol. The van der Waals surface area contributed by atoms with E-state index in [1.807, 2.05) is 13.8 Å². The number of rotatable bonds is 7. The Bertz CT molecular complexity index is 764. The molecule has 0 aliphatic rings. The number of nitrogens with zero attached hydrogens (tertiary/aromatic N) is 2. The Kier molecular flexibility index (Phi) is 5.54. The van der Waals surface area contributed by atoms with Gasteiger partial charge in [0.05, 0.1) is 11.1 Å². The fraction of sp³-hybridized carbons (Fsp3) is 0.375. The third-order valence-corrected chi connectivity index (χ3v) is 4.96. The SMILES string of the molecule is CCCCCC(=O)Oc1cn(S(=O)(=O)c2ccc(C)cc2)cn1. The van der Waals surface area contributed by atoms with E-state index in [0.717, 1.165) is 35.1 Å². The van der Waals surface area contributed by atoms with Gasteiger partial charge in [-0.1, -0.05) is 37.5 Å². The average Bonchev–Trinajstić information content (AvgIpc) is 2.97. The van der Waals surface area contributed by atoms with Crippen LogP contribution in [-0.2, 0) is 14.8 Å². The van der Waals surface area contributed by atoms with Crippen molar-refractivity contribution in [3.63, 3.8) is 0 Å². The van der Waals surface area contributed by atoms with Gasteiger partial charge in [-0.15, -0.1) is 0 Å². The van der Waals surface area contributed by atoms with Crippen LogP contribution in [0.2, 0.25) is 0 Å². The van der Waals surface area contributed by atoms with Gasteiger partial charge < -0.3 is 4.74 Å². The Morgan fingerprint density at radius 3 is 2.57 bits per heavy atom. The second-order valence-corrected chi connectivity index (χ2v) is 7.13. The minimum absolute atomic E-state index is 0.0119. The van der Waals surface area contributed by atoms with Crippen molar-refractivity contribution in [3.05, 3.63) is 42.4 Å². The summed E-state index contributed by atoms with van der Waals surface area (Å²) in [5, 5.41) is 0. The smallest absolute Gasteiger partial charge is 0.312 e. The topological polar surface area (TPSA) is 78.3 Å². The Hall–Kier alpha value is -2.15. The van der Waals surface area contributed by atoms with E-state index >= 15 is 0 Å². The van der Waals surface area contributed by atoms with Crippen molar-refractivity contribution < 1.29 is 17.9 Å². The van der Waals surface area contributed by atoms with E-state index in [9.17, 15) is 13.2 Å². The monoisotopic (exact) mass is 336 g/mol. The summed E-state index contributed by atoms with van der Waals surface area (Å²) in [7, 11) is -3.73. The van der Waals surface area contributed by atoms with E-state index in [4.69, 9.17) is 4.74 Å². The van der Waals surface area contributed by atoms with Crippen LogP contribution < -0.4 is 4.74 Å². The lowest BCUT2D eigenvalue weighted by molar-refractivity contribution is -0.134. The van der Waals surface area contributed by atoms with Crippen LogP contribution in [0.15, 0.2) is 41.7 Å². The molecule has 0 radical (unpaired) electrons. The lowest BCUT2D eigenvalue weighted by Gasteiger charge is -2.04. The van der Waals surface area contributed by atoms with E-state index in [0.29, 0.717) is 6.42 Å². The number of aryl methyl sites for hydroxylation is 1. The quantitative estimate of drug-likeness (QED) is 0.574. The van der Waals surface area contributed by atoms with Gasteiger partial charge in [-0.05, 0) is 25.5 Å². The van der Waals surface area contributed by atoms with Crippen LogP contribution in [0.4, 0.5) is 0 Å². The zero-order chi connectivity index (χ0) is 16.9. The molecule has 1 aromatic heterocycles. The maximum atomic E-state index is 12.4. The van der Waals surface area contributed by atoms with Crippen molar-refractivity contribution in [2.45, 2.75) is 44.4 Å². The summed E-state index contributed by atoms with van der Waals surface area (Å²) in [5.74, 6) is -0.418. The Balaban J connectivity index is 2.09. The number of aromatic nitrogens is 2. The van der Waals surface area contributed by atoms with Gasteiger partial charge in [0.25, 0.3) is 10.0 Å². The Labute approximate surface area is 136 Å². The highest BCUT2D eigenvalue weighted by atomic mass is 32.2. The number of hydrogen-bond donors (Lipinski definition) is 0. The molecule has 0 unspecified atom stereocenters. The van der Waals surface area contributed by atoms with Crippen molar-refractivity contribution in [3.8, 4) is 5.88 Å². The van der Waals surface area contributed by atoms with Gasteiger partial charge >= 0.3 is 5.97 Å². The van der Waals surface area contributed by atoms with E-state index in [2.05, 4.69) is 4.98 Å². The summed E-state index contributed by atoms with van der Waals surface area (Å²) >= 11 is 0. The fourth-order valence-corrected chi connectivity index (χ4v) is 3.12. The zero-order valence-electron chi connectivity index (χ0n) is 13.2. The number of esters is 1. The van der Waals surface area contributed by atoms with Crippen LogP contribution in [-0.4, -0.2) is 23.3 Å². The van der Waals surface area contributed by atoms with Crippen LogP contribution in [0.3, 0.4) is 0 Å². The summed E-state index contributed by atoms with van der Waals surface area (Å²) in [6.07, 6.45) is 5.34. The molecule has 0 fully saturated rings. The molecule has 124 valence electrons. The molecule has 0 aliphatic heterocycles. The molecule has 0 N–H and O–H groups in total. The number of imidazole rings is 1. The number of carbonyl (C=O) groups excluding carboxylic acids is 1. The van der Waals surface area contributed by atoms with Crippen LogP contribution in [0, 0.1) is 6.92 Å². The predicted molar refractivity (Wildman–Crippen MR) is 85.8 cm³/mol. The van der Waals surface area contributed by atoms with Gasteiger partial charge in [-0.25, -0.2) is 17.4 Å². The van der Waals surface area contributed by atoms with E-state index in [1.165, 1.54) is 18.3 Å². The minimum atomic E-state index is -3.73. The van der Waals surface area contributed by atoms with E-state index in [1.54, 1.807) is 12.1 Å². The van der Waals surface area contributed by atoms with Crippen LogP contribution in [0.1, 0.15) is 38.2 Å². The van der Waals surface area contributed by atoms with Gasteiger partial charge in [-0.2, -0.15) is 0 Å². The molecule has 2 rings (SSSR count). The molecule has 0 aliphatic carbocycles. The summed E-state index contributed by atoms with van der Waals surface area (Å²) in [5.41, 5.74) is 0.969. The van der Waals surface area contributed by atoms with Gasteiger partial charge in [0.15, 0.2) is 0 Å². The highest BCUT2D eigenvalue weighted by molar-refractivity contribution is 7.90. The van der Waals surface area contributed by atoms with E-state index < -0.39 is 16.0 Å². The summed E-state index contributed by atoms with van der Waals surface area (Å²) in [6.45, 7) is 3.92. The molecule has 0 bridgehead atoms. The van der Waals surface area contributed by atoms with Gasteiger partial charge in [0.1, 0.15) is 6.33 Å². The highest BCUT2D eigenvalue weighted by Gasteiger charge is 2.18. The predicted octanol–water partition coefficient (Wildman–Crippen LogP) is 2.91. The van der Waals surface area contributed by atoms with Gasteiger partial charge in [0, 0.05) is 6.42 Å². The summed E-state index contributed by atoms with van der Waals surface area (Å²) in [4.78, 5) is 15.6. The highest BCUT2D eigenvalue weighted by Crippen LogP contribution is 2.17. The standard InChI is InChI=1S/C16H20N2O4S/c1-3-4-5-6-16(19)22-15-11-18(12-17-15)23(20,21)14-9-7-13(2)8-10-14/h7-12H,3-6H2,1-2H3. The second kappa shape index (κ2) is 7.41. The van der Waals surface area contributed by atoms with Crippen LogP contribution in [0.5, 0.6) is 5.88 Å². The van der Waals surface area contributed by atoms with Crippen molar-refractivity contribution >= 4 is 16.0 Å². The van der Waals surface area contributed by atoms with Crippen molar-refractivity contribution in [1.29, 1.82) is 0 Å². The van der Waals surface area contributed by atoms with Gasteiger partial charge in [-0.3, -0.25) is 4.79 Å². The minimum Gasteiger partial charge on any atom is -0.406 e. The van der Waals surface area contributed by atoms with Crippen molar-refractivity contribution in [1.82, 2.24) is 8.96 Å². The molecule has 0 saturated heterocycles. The molecule has 1 aromatic carbocycles. The molecule has 2 aromatic rings. The third-order valence-electron chi connectivity index (χ3n) is 3.34. The molecule has 0 amide bonds. The second-order valence-electron chi connectivity index (χ2n) is 5.29. The van der Waals surface area contributed by atoms with Crippen LogP contribution >= 0.6 is 0 Å². The number of unbranched alkanes of at least 4 members (excludes halogenated alkanes) is 2. The first-order chi connectivity index (χ1) is 10.9. The summed E-state index contributed by atoms with van der Waals surface area (Å²) < 4.78 is 30.9. The number of hydrogen-bond acceptors (Lipinski definition) is 5. The van der Waals surface area contributed by atoms with Crippen molar-refractivity contribution in [2.24, 2.45) is 0 Å². The molecule has 0 saturated carbocycles. The number of ether oxygens (including phenoxy) is 1. The molecule has 6 nitrogen and oxygen atoms in total. The van der Waals surface area contributed by atoms with Crippen molar-refractivity contribution in [2.75, 3.05) is 0 Å². The molecular weight excluding hydrogens is 316 g/mol. The Morgan fingerprint density at radius 2 is 1.91 bits per heavy atom. The molecule has 23 heavy (non-hydrogen) atoms. The first kappa shape index (κ1) is 17.2. The van der Waals surface area contributed by atoms with Crippen LogP contribution in [0.25, 0.3) is 0 Å². The lowest BCUT2D eigenvalue weighted by atomic mass is 10.2. The zero-order valence-corrected chi connectivity index (χ0v) is 14.0. The lowest BCUT2D eigenvalue weighted by Crippen LogP contribution is -2.11. The molecule has 0 spiro atoms. The molecule has 1 heterocycles. The van der Waals surface area contributed by atoms with E-state index in [-0.39, 0.29) is 10.8 Å². The first-order valence-electron chi connectivity index (χ1n) is 7.50. The summed E-state index contributed by atoms with van der Waals surface area (Å²) in [6, 6.07) is 6.50. The maximum Gasteiger partial charge on any atom is 0.312 e. The number of benzene rings is 1. The molecule has 0 atom stereocenters. The fourth-order valence-electron chi connectivity index (χ4n) is 1.99. The maximum absolute atomic E-state index is 12.4. The molecular formula is C16H20N2O4S. The number of carbonyl (C=O) groups is 1.